The maximum absolute atomic E-state index is 12.2. The maximum Gasteiger partial charge on any atom is 0.306 e. The number of carbonyl (C=O) groups excluding carboxylic acids is 2. The molecule has 0 aliphatic rings. The van der Waals surface area contributed by atoms with Crippen molar-refractivity contribution in [2.24, 2.45) is 0 Å². The number of unbranched alkanes of at least 4 members (excludes halogenated alkanes) is 12. The molecule has 0 radical (unpaired) electrons. The van der Waals surface area contributed by atoms with Crippen molar-refractivity contribution in [3.05, 3.63) is 134 Å². The molecule has 0 aromatic rings. The Labute approximate surface area is 375 Å². The first-order valence-electron chi connectivity index (χ1n) is 24.2. The minimum absolute atomic E-state index is 0.0959. The first kappa shape index (κ1) is 57.0. The van der Waals surface area contributed by atoms with Crippen LogP contribution in [0.3, 0.4) is 0 Å². The van der Waals surface area contributed by atoms with Crippen LogP contribution in [0.4, 0.5) is 0 Å². The fourth-order valence-electron chi connectivity index (χ4n) is 6.05. The van der Waals surface area contributed by atoms with Gasteiger partial charge in [-0.2, -0.15) is 0 Å². The number of esters is 2. The maximum atomic E-state index is 12.2. The number of allylic oxidation sites excluding steroid dienone is 22. The Kier molecular flexibility index (Phi) is 47.1. The van der Waals surface area contributed by atoms with Crippen molar-refractivity contribution in [2.45, 2.75) is 193 Å². The molecule has 0 spiro atoms. The summed E-state index contributed by atoms with van der Waals surface area (Å²) in [5.41, 5.74) is 0. The standard InChI is InChI=1S/C56H88O5/c1-3-5-7-9-11-13-15-17-19-21-22-23-24-25-26-27-28-29-30-31-32-33-34-35-37-39-41-43-45-47-49-51-56(59)61-54(52-57)53-60-55(58)50-48-46-44-42-40-38-36-20-18-16-14-12-10-8-6-4-2/h5,7,11,13-14,16-17,19-20,22-23,25-26,28-29,31-32,34-36,39,41,54,57H,3-4,6,8-10,12,15,18,21,24,27,30,33,37-38,40,42-53H2,1-2H3/b7-5-,13-11-,16-14-,19-17-,23-22-,26-25-,29-28-,32-31-,35-34-,36-20-,41-39-. The summed E-state index contributed by atoms with van der Waals surface area (Å²) in [6.45, 7) is 3.95. The van der Waals surface area contributed by atoms with Gasteiger partial charge >= 0.3 is 11.9 Å². The average molecular weight is 841 g/mol. The topological polar surface area (TPSA) is 72.8 Å². The second-order valence-corrected chi connectivity index (χ2v) is 15.4. The molecule has 0 aliphatic heterocycles. The van der Waals surface area contributed by atoms with Crippen LogP contribution < -0.4 is 0 Å². The quantitative estimate of drug-likeness (QED) is 0.0376. The molecule has 0 heterocycles. The van der Waals surface area contributed by atoms with Crippen LogP contribution in [0.2, 0.25) is 0 Å². The molecule has 0 aliphatic carbocycles. The minimum Gasteiger partial charge on any atom is -0.462 e. The van der Waals surface area contributed by atoms with Gasteiger partial charge in [0.15, 0.2) is 6.10 Å². The highest BCUT2D eigenvalue weighted by atomic mass is 16.6. The Morgan fingerprint density at radius 2 is 0.705 bits per heavy atom. The summed E-state index contributed by atoms with van der Waals surface area (Å²) >= 11 is 0. The molecule has 0 fully saturated rings. The number of aliphatic hydroxyl groups is 1. The molecular weight excluding hydrogens is 753 g/mol. The van der Waals surface area contributed by atoms with Crippen LogP contribution in [0.25, 0.3) is 0 Å². The monoisotopic (exact) mass is 841 g/mol. The third-order valence-corrected chi connectivity index (χ3v) is 9.68. The van der Waals surface area contributed by atoms with E-state index in [1.807, 2.05) is 0 Å². The van der Waals surface area contributed by atoms with Crippen LogP contribution in [0.5, 0.6) is 0 Å². The molecule has 0 rings (SSSR count). The highest BCUT2D eigenvalue weighted by Gasteiger charge is 2.16. The normalized spacial score (nSPS) is 13.4. The smallest absolute Gasteiger partial charge is 0.306 e. The number of hydrogen-bond acceptors (Lipinski definition) is 5. The SMILES string of the molecule is CC/C=C\C/C=C\C/C=C\C/C=C\C/C=C\C/C=C\C/C=C\C/C=C\C/C=C\CCCCCC(=O)OC(CO)COC(=O)CCCCCCC/C=C\C/C=C\CCCCCC. The molecule has 1 N–H and O–H groups in total. The highest BCUT2D eigenvalue weighted by molar-refractivity contribution is 5.70. The molecule has 0 bridgehead atoms. The summed E-state index contributed by atoms with van der Waals surface area (Å²) in [4.78, 5) is 24.4. The molecule has 342 valence electrons. The van der Waals surface area contributed by atoms with E-state index in [0.29, 0.717) is 12.8 Å². The highest BCUT2D eigenvalue weighted by Crippen LogP contribution is 2.11. The number of carbonyl (C=O) groups is 2. The molecule has 1 unspecified atom stereocenters. The van der Waals surface area contributed by atoms with E-state index < -0.39 is 6.10 Å². The van der Waals surface area contributed by atoms with Crippen molar-refractivity contribution < 1.29 is 24.2 Å². The summed E-state index contributed by atoms with van der Waals surface area (Å²) < 4.78 is 10.6. The Morgan fingerprint density at radius 3 is 1.08 bits per heavy atom. The van der Waals surface area contributed by atoms with Gasteiger partial charge in [-0.05, 0) is 116 Å². The van der Waals surface area contributed by atoms with Crippen molar-refractivity contribution in [3.8, 4) is 0 Å². The zero-order valence-electron chi connectivity index (χ0n) is 38.9. The lowest BCUT2D eigenvalue weighted by Gasteiger charge is -2.15. The molecule has 61 heavy (non-hydrogen) atoms. The van der Waals surface area contributed by atoms with Crippen LogP contribution in [-0.2, 0) is 19.1 Å². The lowest BCUT2D eigenvalue weighted by atomic mass is 10.1. The van der Waals surface area contributed by atoms with Crippen molar-refractivity contribution in [2.75, 3.05) is 13.2 Å². The first-order chi connectivity index (χ1) is 30.1. The third kappa shape index (κ3) is 48.6. The van der Waals surface area contributed by atoms with Crippen LogP contribution in [0.15, 0.2) is 134 Å². The van der Waals surface area contributed by atoms with Crippen molar-refractivity contribution in [1.82, 2.24) is 0 Å². The Bertz CT molecular complexity index is 1320. The number of hydrogen-bond donors (Lipinski definition) is 1. The molecule has 0 aromatic carbocycles. The lowest BCUT2D eigenvalue weighted by molar-refractivity contribution is -0.161. The summed E-state index contributed by atoms with van der Waals surface area (Å²) in [5, 5.41) is 9.60. The largest absolute Gasteiger partial charge is 0.462 e. The fourth-order valence-corrected chi connectivity index (χ4v) is 6.05. The zero-order chi connectivity index (χ0) is 44.2. The third-order valence-electron chi connectivity index (χ3n) is 9.68. The van der Waals surface area contributed by atoms with E-state index in [1.54, 1.807) is 0 Å². The van der Waals surface area contributed by atoms with Gasteiger partial charge in [-0.3, -0.25) is 9.59 Å². The summed E-state index contributed by atoms with van der Waals surface area (Å²) in [6, 6.07) is 0. The van der Waals surface area contributed by atoms with Gasteiger partial charge in [-0.1, -0.05) is 192 Å². The van der Waals surface area contributed by atoms with Gasteiger partial charge in [0.2, 0.25) is 0 Å². The van der Waals surface area contributed by atoms with Crippen molar-refractivity contribution >= 4 is 11.9 Å². The van der Waals surface area contributed by atoms with Gasteiger partial charge in [0.1, 0.15) is 6.61 Å². The molecule has 0 saturated heterocycles. The lowest BCUT2D eigenvalue weighted by Crippen LogP contribution is -2.28. The molecule has 5 heteroatoms. The van der Waals surface area contributed by atoms with E-state index in [2.05, 4.69) is 148 Å². The predicted molar refractivity (Wildman–Crippen MR) is 264 cm³/mol. The van der Waals surface area contributed by atoms with E-state index >= 15 is 0 Å². The molecular formula is C56H88O5. The molecule has 0 aromatic heterocycles. The fraction of sp³-hybridized carbons (Fsp3) is 0.571. The average Bonchev–Trinajstić information content (AvgIpc) is 3.26. The van der Waals surface area contributed by atoms with Crippen molar-refractivity contribution in [3.63, 3.8) is 0 Å². The number of ether oxygens (including phenoxy) is 2. The zero-order valence-corrected chi connectivity index (χ0v) is 38.9. The molecule has 1 atom stereocenters. The van der Waals surface area contributed by atoms with E-state index in [0.717, 1.165) is 122 Å². The van der Waals surface area contributed by atoms with Crippen LogP contribution >= 0.6 is 0 Å². The first-order valence-corrected chi connectivity index (χ1v) is 24.2. The van der Waals surface area contributed by atoms with E-state index in [1.165, 1.54) is 38.5 Å². The van der Waals surface area contributed by atoms with Crippen LogP contribution in [-0.4, -0.2) is 36.4 Å². The Morgan fingerprint density at radius 1 is 0.393 bits per heavy atom. The van der Waals surface area contributed by atoms with Crippen molar-refractivity contribution in [1.29, 1.82) is 0 Å². The molecule has 0 amide bonds. The van der Waals surface area contributed by atoms with E-state index in [9.17, 15) is 14.7 Å². The van der Waals surface area contributed by atoms with E-state index in [4.69, 9.17) is 9.47 Å². The van der Waals surface area contributed by atoms with Crippen LogP contribution in [0, 0.1) is 0 Å². The predicted octanol–water partition coefficient (Wildman–Crippen LogP) is 16.1. The van der Waals surface area contributed by atoms with Gasteiger partial charge < -0.3 is 14.6 Å². The van der Waals surface area contributed by atoms with Gasteiger partial charge in [-0.15, -0.1) is 0 Å². The summed E-state index contributed by atoms with van der Waals surface area (Å²) in [7, 11) is 0. The minimum atomic E-state index is -0.806. The van der Waals surface area contributed by atoms with Gasteiger partial charge in [0, 0.05) is 12.8 Å². The van der Waals surface area contributed by atoms with Gasteiger partial charge in [0.25, 0.3) is 0 Å². The van der Waals surface area contributed by atoms with Gasteiger partial charge in [0.05, 0.1) is 6.61 Å². The second-order valence-electron chi connectivity index (χ2n) is 15.4. The Hall–Kier alpha value is -3.96. The number of aliphatic hydroxyl groups excluding tert-OH is 1. The van der Waals surface area contributed by atoms with Gasteiger partial charge in [-0.25, -0.2) is 0 Å². The summed E-state index contributed by atoms with van der Waals surface area (Å²) in [5.74, 6) is -0.657. The molecule has 5 nitrogen and oxygen atoms in total. The Balaban J connectivity index is 3.71. The van der Waals surface area contributed by atoms with E-state index in [-0.39, 0.29) is 25.2 Å². The summed E-state index contributed by atoms with van der Waals surface area (Å²) in [6.07, 6.45) is 75.3. The second kappa shape index (κ2) is 50.4. The van der Waals surface area contributed by atoms with Crippen LogP contribution in [0.1, 0.15) is 187 Å². The molecule has 0 saturated carbocycles. The number of rotatable bonds is 42.